The lowest BCUT2D eigenvalue weighted by atomic mass is 9.46. The summed E-state index contributed by atoms with van der Waals surface area (Å²) in [5.41, 5.74) is -20.9. The molecule has 1 nitrogen and oxygen atoms in total. The topological polar surface area (TPSA) is 9.23 Å². The third-order valence-electron chi connectivity index (χ3n) is 9.44. The second-order valence-electron chi connectivity index (χ2n) is 13.4. The molecule has 0 saturated heterocycles. The van der Waals surface area contributed by atoms with Crippen molar-refractivity contribution < 1.29 is 83.6 Å². The van der Waals surface area contributed by atoms with Crippen molar-refractivity contribution in [1.29, 1.82) is 0 Å². The van der Waals surface area contributed by atoms with Gasteiger partial charge in [0.05, 0.1) is 33.4 Å². The molecule has 7 rings (SSSR count). The predicted molar refractivity (Wildman–Crippen MR) is 193 cm³/mol. The van der Waals surface area contributed by atoms with E-state index in [4.69, 9.17) is 4.57 Å². The molecule has 0 fully saturated rings. The maximum atomic E-state index is 15.0. The standard InChI is InChI=1S/C38H16B2F18OS2/c41-33(42,43)19-11-21(35(47,48)49)29(22(12-19)36(50,51)52)39-25-15-27(17-7-3-1-4-8-17)60-31(25)32-26(16-28(61-32)18-9-5-2-6-10-18)40(59-39)30-23(37(53,54)55)13-20(34(44,45)46)14-24(30)38(56,57)58/h1-16H. The molecule has 0 atom stereocenters. The molecule has 0 unspecified atom stereocenters. The van der Waals surface area contributed by atoms with E-state index in [0.29, 0.717) is 22.7 Å². The molecule has 0 saturated carbocycles. The number of halogens is 18. The van der Waals surface area contributed by atoms with Crippen LogP contribution in [0.3, 0.4) is 0 Å². The zero-order chi connectivity index (χ0) is 44.8. The Morgan fingerprint density at radius 2 is 0.639 bits per heavy atom. The van der Waals surface area contributed by atoms with E-state index in [-0.39, 0.29) is 30.6 Å². The summed E-state index contributed by atoms with van der Waals surface area (Å²) in [6, 6.07) is 13.7. The highest BCUT2D eigenvalue weighted by molar-refractivity contribution is 7.28. The number of hydrogen-bond acceptors (Lipinski definition) is 3. The predicted octanol–water partition coefficient (Wildman–Crippen LogP) is 12.2. The third-order valence-corrected chi connectivity index (χ3v) is 12.0. The number of fused-ring (bicyclic) bond motifs is 3. The van der Waals surface area contributed by atoms with Crippen LogP contribution in [0.15, 0.2) is 97.1 Å². The van der Waals surface area contributed by atoms with Gasteiger partial charge in [0.15, 0.2) is 0 Å². The Morgan fingerprint density at radius 3 is 0.885 bits per heavy atom. The average Bonchev–Trinajstić information content (AvgIpc) is 3.76. The van der Waals surface area contributed by atoms with Crippen molar-refractivity contribution >= 4 is 58.4 Å². The first-order valence-corrected chi connectivity index (χ1v) is 18.5. The summed E-state index contributed by atoms with van der Waals surface area (Å²) in [7, 11) is 0. The van der Waals surface area contributed by atoms with Crippen molar-refractivity contribution in [2.75, 3.05) is 0 Å². The number of rotatable bonds is 4. The minimum atomic E-state index is -6.13. The first-order valence-electron chi connectivity index (χ1n) is 16.9. The van der Waals surface area contributed by atoms with Gasteiger partial charge in [-0.05, 0) is 69.4 Å². The van der Waals surface area contributed by atoms with Gasteiger partial charge in [-0.1, -0.05) is 60.7 Å². The van der Waals surface area contributed by atoms with Crippen molar-refractivity contribution in [1.82, 2.24) is 0 Å². The van der Waals surface area contributed by atoms with Crippen LogP contribution in [0.5, 0.6) is 0 Å². The fraction of sp³-hybridized carbons (Fsp3) is 0.158. The van der Waals surface area contributed by atoms with E-state index in [2.05, 4.69) is 0 Å². The van der Waals surface area contributed by atoms with E-state index in [1.807, 2.05) is 0 Å². The lowest BCUT2D eigenvalue weighted by Crippen LogP contribution is -2.59. The summed E-state index contributed by atoms with van der Waals surface area (Å²) in [5, 5.41) is 0. The molecular formula is C38H16B2F18OS2. The van der Waals surface area contributed by atoms with Crippen molar-refractivity contribution in [2.45, 2.75) is 37.1 Å². The second kappa shape index (κ2) is 14.9. The van der Waals surface area contributed by atoms with E-state index in [1.165, 1.54) is 60.7 Å². The molecule has 4 aromatic carbocycles. The second-order valence-corrected chi connectivity index (χ2v) is 15.5. The molecule has 2 aromatic heterocycles. The van der Waals surface area contributed by atoms with Gasteiger partial charge in [0, 0.05) is 19.5 Å². The van der Waals surface area contributed by atoms with Gasteiger partial charge in [-0.25, -0.2) is 0 Å². The first kappa shape index (κ1) is 44.2. The lowest BCUT2D eigenvalue weighted by Gasteiger charge is -2.29. The minimum Gasteiger partial charge on any atom is -0.483 e. The molecule has 3 heterocycles. The van der Waals surface area contributed by atoms with Crippen LogP contribution in [-0.4, -0.2) is 13.8 Å². The fourth-order valence-electron chi connectivity index (χ4n) is 6.91. The third kappa shape index (κ3) is 8.52. The molecule has 0 amide bonds. The highest BCUT2D eigenvalue weighted by Crippen LogP contribution is 2.46. The van der Waals surface area contributed by atoms with Gasteiger partial charge in [0.2, 0.25) is 0 Å². The van der Waals surface area contributed by atoms with Crippen molar-refractivity contribution in [3.8, 4) is 30.6 Å². The molecule has 0 N–H and O–H groups in total. The molecular weight excluding hydrogens is 900 g/mol. The highest BCUT2D eigenvalue weighted by atomic mass is 32.1. The minimum absolute atomic E-state index is 0.0498. The van der Waals surface area contributed by atoms with E-state index >= 15 is 0 Å². The maximum absolute atomic E-state index is 15.0. The first-order chi connectivity index (χ1) is 28.0. The summed E-state index contributed by atoms with van der Waals surface area (Å²) in [5.74, 6) is 0. The van der Waals surface area contributed by atoms with Crippen LogP contribution in [0.25, 0.3) is 30.6 Å². The molecule has 6 aromatic rings. The molecule has 0 spiro atoms. The summed E-state index contributed by atoms with van der Waals surface area (Å²) in [6.45, 7) is -6.18. The van der Waals surface area contributed by atoms with Crippen LogP contribution < -0.4 is 21.9 Å². The number of alkyl halides is 18. The van der Waals surface area contributed by atoms with E-state index in [9.17, 15) is 79.0 Å². The molecule has 0 aliphatic carbocycles. The lowest BCUT2D eigenvalue weighted by molar-refractivity contribution is -0.149. The Bertz CT molecular complexity index is 2350. The van der Waals surface area contributed by atoms with Crippen LogP contribution in [0.2, 0.25) is 0 Å². The van der Waals surface area contributed by atoms with Crippen molar-refractivity contribution in [2.24, 2.45) is 0 Å². The quantitative estimate of drug-likeness (QED) is 0.126. The Hall–Kier alpha value is -4.89. The number of benzene rings is 4. The van der Waals surface area contributed by atoms with Crippen molar-refractivity contribution in [3.05, 3.63) is 130 Å². The number of hydrogen-bond donors (Lipinski definition) is 0. The van der Waals surface area contributed by atoms with Crippen molar-refractivity contribution in [3.63, 3.8) is 0 Å². The summed E-state index contributed by atoms with van der Waals surface area (Å²) < 4.78 is 269. The fourth-order valence-corrected chi connectivity index (χ4v) is 9.47. The molecule has 0 bridgehead atoms. The normalized spacial score (nSPS) is 14.3. The van der Waals surface area contributed by atoms with Gasteiger partial charge in [0.1, 0.15) is 0 Å². The number of thiophene rings is 2. The van der Waals surface area contributed by atoms with E-state index < -0.39 is 130 Å². The SMILES string of the molecule is FC(F)(F)c1cc(C(F)(F)F)c(B2OB(c3c(C(F)(F)F)cc(C(F)(F)F)cc3C(F)(F)F)c3cc(-c4ccccc4)sc3-c3sc(-c4ccccc4)cc32)c(C(F)(F)F)c1. The van der Waals surface area contributed by atoms with Gasteiger partial charge in [0.25, 0.3) is 0 Å². The monoisotopic (exact) mass is 916 g/mol. The highest BCUT2D eigenvalue weighted by Gasteiger charge is 2.54. The van der Waals surface area contributed by atoms with Crippen LogP contribution in [0.1, 0.15) is 33.4 Å². The molecule has 1 aliphatic heterocycles. The van der Waals surface area contributed by atoms with Gasteiger partial charge >= 0.3 is 50.9 Å². The Morgan fingerprint density at radius 1 is 0.361 bits per heavy atom. The zero-order valence-electron chi connectivity index (χ0n) is 29.4. The van der Waals surface area contributed by atoms with E-state index in [1.54, 1.807) is 0 Å². The zero-order valence-corrected chi connectivity index (χ0v) is 31.1. The Balaban J connectivity index is 1.69. The molecule has 1 aliphatic rings. The van der Waals surface area contributed by atoms with Gasteiger partial charge < -0.3 is 4.57 Å². The van der Waals surface area contributed by atoms with Crippen LogP contribution in [0, 0.1) is 0 Å². The molecule has 61 heavy (non-hydrogen) atoms. The van der Waals surface area contributed by atoms with Crippen LogP contribution >= 0.6 is 22.7 Å². The smallest absolute Gasteiger partial charge is 0.416 e. The maximum Gasteiger partial charge on any atom is 0.416 e. The Labute approximate surface area is 339 Å². The molecule has 0 radical (unpaired) electrons. The molecule has 318 valence electrons. The summed E-state index contributed by atoms with van der Waals surface area (Å²) in [6.07, 6.45) is -36.2. The van der Waals surface area contributed by atoms with Gasteiger partial charge in [-0.2, -0.15) is 79.0 Å². The van der Waals surface area contributed by atoms with Gasteiger partial charge in [-0.3, -0.25) is 0 Å². The largest absolute Gasteiger partial charge is 0.483 e. The summed E-state index contributed by atoms with van der Waals surface area (Å²) in [4.78, 5) is -0.644. The Kier molecular flexibility index (Phi) is 10.8. The average molecular weight is 916 g/mol. The summed E-state index contributed by atoms with van der Waals surface area (Å²) >= 11 is 1.21. The van der Waals surface area contributed by atoms with Crippen LogP contribution in [-0.2, 0) is 41.6 Å². The van der Waals surface area contributed by atoms with E-state index in [0.717, 1.165) is 12.1 Å². The molecule has 23 heteroatoms. The van der Waals surface area contributed by atoms with Crippen LogP contribution in [0.4, 0.5) is 79.0 Å². The van der Waals surface area contributed by atoms with Gasteiger partial charge in [-0.15, -0.1) is 22.7 Å².